The van der Waals surface area contributed by atoms with Crippen LogP contribution < -0.4 is 91.5 Å². The van der Waals surface area contributed by atoms with Crippen molar-refractivity contribution in [2.45, 2.75) is 221 Å². The zero-order valence-electron chi connectivity index (χ0n) is 75.2. The maximum Gasteiger partial charge on any atom is 0.245 e. The van der Waals surface area contributed by atoms with Crippen LogP contribution in [-0.2, 0) is 96.4 Å². The van der Waals surface area contributed by atoms with Crippen molar-refractivity contribution in [1.82, 2.24) is 88.4 Å². The first kappa shape index (κ1) is 108. The first-order valence-electron chi connectivity index (χ1n) is 44.3. The first-order chi connectivity index (χ1) is 63.9. The lowest BCUT2D eigenvalue weighted by molar-refractivity contribution is -0.142. The van der Waals surface area contributed by atoms with Gasteiger partial charge in [-0.1, -0.05) is 130 Å². The molecule has 0 aliphatic carbocycles. The van der Waals surface area contributed by atoms with Gasteiger partial charge >= 0.3 is 0 Å². The van der Waals surface area contributed by atoms with E-state index in [9.17, 15) is 106 Å². The van der Waals surface area contributed by atoms with E-state index in [0.29, 0.717) is 59.2 Å². The molecule has 15 atom stereocenters. The minimum absolute atomic E-state index is 0.00438. The molecule has 2 aliphatic heterocycles. The van der Waals surface area contributed by atoms with Gasteiger partial charge in [-0.25, -0.2) is 13.4 Å². The third-order valence-electron chi connectivity index (χ3n) is 22.4. The van der Waals surface area contributed by atoms with E-state index < -0.39 is 203 Å². The summed E-state index contributed by atoms with van der Waals surface area (Å²) in [6.07, 6.45) is 1.51. The number of likely N-dealkylation sites (N-methyl/N-ethyl adjacent to an activating group) is 1. The number of ketones is 1. The zero-order valence-corrected chi connectivity index (χ0v) is 76.0. The van der Waals surface area contributed by atoms with Crippen molar-refractivity contribution < 1.29 is 106 Å². The van der Waals surface area contributed by atoms with E-state index in [1.165, 1.54) is 43.5 Å². The minimum atomic E-state index is -4.20. The Labute approximate surface area is 774 Å². The first-order valence-corrected chi connectivity index (χ1v) is 45.9. The highest BCUT2D eigenvalue weighted by Crippen LogP contribution is 2.26. The number of H-pyrrole nitrogens is 2. The molecule has 44 nitrogen and oxygen atoms in total. The van der Waals surface area contributed by atoms with Crippen LogP contribution in [0, 0.1) is 5.92 Å². The second-order valence-electron chi connectivity index (χ2n) is 32.8. The SMILES string of the molecule is CC1CCC(=O)NCCCC[C@@H](C(N)=O)NC(=O)[C@H](Cc2c[nH]c3ccccc23)NC(=O)[C@H](CCCN=C(N)N)NC(=O)C(Cc2ccccc2)NC(=O)[C@@H]2C[C@@H](O)CN2C1=O.CCCC[C@H](NC(=O)[C@H](CO)N[C@@H](O)[C@H](Cc1cnc[nH]1)N[C@@H](O)[C@H](CCC(N)=O)NC(=O)[C@H](CO)NC(=O)CNC(=O)CCCS(=O)(=O)NC(=O)C(C)c1ccc(C(=O)c2ccccc2)cc1)C(=O)NC. The monoisotopic (exact) mass is 1890 g/mol. The van der Waals surface area contributed by atoms with Crippen molar-refractivity contribution in [3.63, 3.8) is 0 Å². The van der Waals surface area contributed by atoms with Crippen LogP contribution in [0.1, 0.15) is 161 Å². The number of imidazole rings is 1. The summed E-state index contributed by atoms with van der Waals surface area (Å²) in [4.78, 5) is 213. The maximum absolute atomic E-state index is 14.4. The molecular weight excluding hydrogens is 1760 g/mol. The highest BCUT2D eigenvalue weighted by atomic mass is 32.2. The second-order valence-corrected chi connectivity index (χ2v) is 34.7. The van der Waals surface area contributed by atoms with E-state index in [1.54, 1.807) is 85.9 Å². The Hall–Kier alpha value is -13.2. The molecule has 2 saturated heterocycles. The Morgan fingerprint density at radius 2 is 1.28 bits per heavy atom. The van der Waals surface area contributed by atoms with E-state index >= 15 is 0 Å². The Balaban J connectivity index is 0.000000369. The van der Waals surface area contributed by atoms with Crippen LogP contribution in [0.3, 0.4) is 0 Å². The van der Waals surface area contributed by atoms with E-state index in [0.717, 1.165) is 17.3 Å². The van der Waals surface area contributed by atoms with Crippen LogP contribution in [0.15, 0.2) is 133 Å². The summed E-state index contributed by atoms with van der Waals surface area (Å²) >= 11 is 0. The molecule has 4 aromatic carbocycles. The number of rotatable bonds is 42. The Kier molecular flexibility index (Phi) is 44.0. The summed E-state index contributed by atoms with van der Waals surface area (Å²) in [5.74, 6) is -12.7. The predicted octanol–water partition coefficient (Wildman–Crippen LogP) is -4.37. The zero-order chi connectivity index (χ0) is 98.1. The molecule has 3 unspecified atom stereocenters. The molecular formula is C89H126N22O22S. The molecule has 730 valence electrons. The standard InChI is InChI=1S/C46H67N11O14S.C43H59N11O8/c1-4-5-12-32(42(65)48-3)53-46(69)36(25-59)56-44(67)34(21-31-22-49-26-51-31)55-43(66)33(18-19-37(47)60)54-45(68)35(24-58)52-39(62)23-50-38(61)13-9-20-72(70,71)57-41(64)27(2)28-14-16-30(17-15-28)40(63)29-10-7-6-8-11-29;1-25-16-17-36(56)47-18-8-7-14-31(37(44)57)50-40(60)34(21-27-23-49-30-13-6-5-12-29(27)30)52-38(58)32(15-9-19-48-43(45)46)51-39(59)33(20-26-10-3-2-4-11-26)53-41(61)35-22-28(55)24-54(35)42(25)62/h6-8,10-11,14-17,22,26-27,32-36,43-44,55-56,58-59,66-67H,4-5,9,12-13,18-21,23-25H2,1-3H3,(H2,47,60)(H,48,65)(H,49,51)(H,50,61)(H,52,62)(H,53,69)(H,54,68)(H,57,64);2-6,10-13,23,25,28,31-35,49,55H,7-9,14-22,24H2,1H3,(H2,44,57)(H,47,56)(H,50,60)(H,51,59)(H,52,58)(H,53,61)(H4,45,46,48)/t27?,32-,33-,34-,35-,36-,43-,44-;25?,28-,31+,32+,33?,34+,35+/m01/s1. The summed E-state index contributed by atoms with van der Waals surface area (Å²) in [7, 11) is -2.80. The van der Waals surface area contributed by atoms with E-state index in [1.807, 2.05) is 35.9 Å². The van der Waals surface area contributed by atoms with Gasteiger partial charge in [0.1, 0.15) is 60.8 Å². The molecule has 45 heteroatoms. The normalized spacial score (nSPS) is 19.6. The average molecular weight is 1890 g/mol. The molecule has 6 aromatic rings. The highest BCUT2D eigenvalue weighted by Gasteiger charge is 2.43. The number of benzene rings is 4. The number of aliphatic imine (C=N–C) groups is 1. The van der Waals surface area contributed by atoms with Crippen molar-refractivity contribution in [1.29, 1.82) is 0 Å². The highest BCUT2D eigenvalue weighted by molar-refractivity contribution is 7.90. The number of fused-ring (bicyclic) bond motifs is 2. The molecule has 2 aliphatic rings. The molecule has 0 radical (unpaired) electrons. The largest absolute Gasteiger partial charge is 0.394 e. The van der Waals surface area contributed by atoms with Gasteiger partial charge in [0.25, 0.3) is 0 Å². The quantitative estimate of drug-likeness (QED) is 0.00566. The molecule has 28 N–H and O–H groups in total. The van der Waals surface area contributed by atoms with Gasteiger partial charge in [0.2, 0.25) is 92.7 Å². The molecule has 8 rings (SSSR count). The number of aliphatic hydroxyl groups excluding tert-OH is 5. The number of amides is 14. The number of para-hydroxylation sites is 1. The number of aliphatic hydroxyl groups is 5. The molecule has 0 bridgehead atoms. The Bertz CT molecular complexity index is 5070. The fourth-order valence-electron chi connectivity index (χ4n) is 14.8. The lowest BCUT2D eigenvalue weighted by Crippen LogP contribution is -2.63. The Morgan fingerprint density at radius 3 is 1.94 bits per heavy atom. The number of unbranched alkanes of at least 4 members (excludes halogenated alkanes) is 1. The van der Waals surface area contributed by atoms with Crippen molar-refractivity contribution in [2.75, 3.05) is 52.2 Å². The van der Waals surface area contributed by atoms with E-state index in [-0.39, 0.29) is 121 Å². The van der Waals surface area contributed by atoms with Crippen LogP contribution in [-0.4, -0.2) is 279 Å². The maximum atomic E-state index is 14.4. The van der Waals surface area contributed by atoms with E-state index in [4.69, 9.17) is 22.9 Å². The summed E-state index contributed by atoms with van der Waals surface area (Å²) in [6, 6.07) is 18.3. The van der Waals surface area contributed by atoms with Gasteiger partial charge in [-0.2, -0.15) is 0 Å². The van der Waals surface area contributed by atoms with Crippen molar-refractivity contribution in [3.05, 3.63) is 161 Å². The van der Waals surface area contributed by atoms with Gasteiger partial charge < -0.3 is 117 Å². The average Bonchev–Trinajstić information content (AvgIpc) is 1.66. The van der Waals surface area contributed by atoms with Gasteiger partial charge in [0, 0.05) is 118 Å². The van der Waals surface area contributed by atoms with Gasteiger partial charge in [-0.3, -0.25) is 92.3 Å². The molecule has 4 heterocycles. The van der Waals surface area contributed by atoms with Gasteiger partial charge in [-0.15, -0.1) is 0 Å². The summed E-state index contributed by atoms with van der Waals surface area (Å²) in [6.45, 7) is 2.78. The number of aromatic amines is 2. The fraction of sp³-hybridized carbons (Fsp3) is 0.494. The number of carbonyl (C=O) groups is 15. The van der Waals surface area contributed by atoms with Crippen LogP contribution in [0.5, 0.6) is 0 Å². The third-order valence-corrected chi connectivity index (χ3v) is 23.8. The number of hydrogen-bond acceptors (Lipinski definition) is 26. The van der Waals surface area contributed by atoms with Gasteiger partial charge in [0.05, 0.1) is 55.9 Å². The number of primary amides is 2. The van der Waals surface area contributed by atoms with Crippen LogP contribution in [0.25, 0.3) is 10.9 Å². The number of nitrogens with zero attached hydrogens (tertiary/aromatic N) is 3. The lowest BCUT2D eigenvalue weighted by atomic mass is 9.97. The van der Waals surface area contributed by atoms with Gasteiger partial charge in [-0.05, 0) is 87.5 Å². The fourth-order valence-corrected chi connectivity index (χ4v) is 15.9. The number of nitrogens with one attached hydrogen (secondary N) is 15. The number of sulfonamides is 1. The smallest absolute Gasteiger partial charge is 0.245 e. The van der Waals surface area contributed by atoms with Crippen LogP contribution in [0.4, 0.5) is 0 Å². The molecule has 0 spiro atoms. The van der Waals surface area contributed by atoms with Crippen molar-refractivity contribution in [3.8, 4) is 0 Å². The number of aromatic nitrogens is 3. The summed E-state index contributed by atoms with van der Waals surface area (Å²) in [5, 5.41) is 85.4. The lowest BCUT2D eigenvalue weighted by Gasteiger charge is -2.33. The Morgan fingerprint density at radius 1 is 0.649 bits per heavy atom. The number of nitrogens with two attached hydrogens (primary N) is 4. The summed E-state index contributed by atoms with van der Waals surface area (Å²) < 4.78 is 27.4. The molecule has 14 amide bonds. The minimum Gasteiger partial charge on any atom is -0.394 e. The van der Waals surface area contributed by atoms with Gasteiger partial charge in [0.15, 0.2) is 11.7 Å². The third kappa shape index (κ3) is 35.4. The molecule has 0 saturated carbocycles. The number of hydrogen-bond donors (Lipinski definition) is 24. The van der Waals surface area contributed by atoms with Crippen LogP contribution >= 0.6 is 0 Å². The van der Waals surface area contributed by atoms with Crippen LogP contribution in [0.2, 0.25) is 0 Å². The van der Waals surface area contributed by atoms with E-state index in [2.05, 4.69) is 83.7 Å². The van der Waals surface area contributed by atoms with Crippen molar-refractivity contribution >= 4 is 115 Å². The second kappa shape index (κ2) is 54.7. The number of carbonyl (C=O) groups excluding carboxylic acids is 15. The molecule has 2 fully saturated rings. The number of guanidine groups is 1. The predicted molar refractivity (Wildman–Crippen MR) is 489 cm³/mol. The summed E-state index contributed by atoms with van der Waals surface area (Å²) in [5.41, 5.74) is 26.1. The molecule has 134 heavy (non-hydrogen) atoms. The topological polar surface area (TPSA) is 712 Å². The van der Waals surface area contributed by atoms with Crippen molar-refractivity contribution in [2.24, 2.45) is 33.8 Å². The molecule has 2 aromatic heterocycles.